The molecule has 31 heavy (non-hydrogen) atoms. The first-order chi connectivity index (χ1) is 15.2. The van der Waals surface area contributed by atoms with Gasteiger partial charge in [0.1, 0.15) is 12.4 Å². The molecule has 0 aliphatic rings. The molecule has 0 unspecified atom stereocenters. The molecule has 164 valence electrons. The van der Waals surface area contributed by atoms with E-state index in [2.05, 4.69) is 5.32 Å². The van der Waals surface area contributed by atoms with Crippen LogP contribution in [0.3, 0.4) is 0 Å². The van der Waals surface area contributed by atoms with Crippen molar-refractivity contribution in [3.8, 4) is 11.5 Å². The van der Waals surface area contributed by atoms with Gasteiger partial charge in [0, 0.05) is 13.0 Å². The molecule has 1 heterocycles. The number of amides is 1. The van der Waals surface area contributed by atoms with E-state index >= 15 is 0 Å². The highest BCUT2D eigenvalue weighted by atomic mass is 16.5. The van der Waals surface area contributed by atoms with Gasteiger partial charge in [0.2, 0.25) is 5.91 Å². The standard InChI is InChI=1S/C25H29NO5/c1-2-29-23-11-3-4-12-24(23)31-15-7-13-25(27)26-17-20-8-5-9-21(16-20)18-28-19-22-10-6-14-30-22/h3-6,8-12,14,16H,2,7,13,15,17-19H2,1H3,(H,26,27). The van der Waals surface area contributed by atoms with Crippen LogP contribution in [-0.4, -0.2) is 19.1 Å². The van der Waals surface area contributed by atoms with Gasteiger partial charge in [0.15, 0.2) is 11.5 Å². The quantitative estimate of drug-likeness (QED) is 0.397. The van der Waals surface area contributed by atoms with Crippen LogP contribution in [-0.2, 0) is 29.3 Å². The minimum Gasteiger partial charge on any atom is -0.490 e. The summed E-state index contributed by atoms with van der Waals surface area (Å²) in [7, 11) is 0. The molecule has 0 atom stereocenters. The highest BCUT2D eigenvalue weighted by Gasteiger charge is 2.06. The van der Waals surface area contributed by atoms with Crippen LogP contribution in [0.25, 0.3) is 0 Å². The molecule has 6 heteroatoms. The van der Waals surface area contributed by atoms with Crippen LogP contribution in [0.4, 0.5) is 0 Å². The minimum atomic E-state index is 0.00108. The first-order valence-electron chi connectivity index (χ1n) is 10.5. The van der Waals surface area contributed by atoms with E-state index in [4.69, 9.17) is 18.6 Å². The summed E-state index contributed by atoms with van der Waals surface area (Å²) in [5, 5.41) is 2.96. The number of rotatable bonds is 13. The number of carbonyl (C=O) groups is 1. The molecule has 3 aromatic rings. The molecule has 1 amide bonds. The Bertz CT molecular complexity index is 923. The SMILES string of the molecule is CCOc1ccccc1OCCCC(=O)NCc1cccc(COCc2ccco2)c1. The first-order valence-corrected chi connectivity index (χ1v) is 10.5. The Kier molecular flexibility index (Phi) is 9.01. The van der Waals surface area contributed by atoms with Crippen molar-refractivity contribution in [2.24, 2.45) is 0 Å². The third-order valence-electron chi connectivity index (χ3n) is 4.53. The number of nitrogens with one attached hydrogen (secondary N) is 1. The summed E-state index contributed by atoms with van der Waals surface area (Å²) >= 11 is 0. The van der Waals surface area contributed by atoms with Crippen LogP contribution in [0.15, 0.2) is 71.3 Å². The normalized spacial score (nSPS) is 10.6. The minimum absolute atomic E-state index is 0.00108. The van der Waals surface area contributed by atoms with Crippen molar-refractivity contribution in [1.82, 2.24) is 5.32 Å². The highest BCUT2D eigenvalue weighted by molar-refractivity contribution is 5.75. The van der Waals surface area contributed by atoms with Crippen LogP contribution in [0.2, 0.25) is 0 Å². The predicted octanol–water partition coefficient (Wildman–Crippen LogP) is 4.87. The molecule has 0 aliphatic carbocycles. The molecule has 1 aromatic heterocycles. The van der Waals surface area contributed by atoms with E-state index in [1.807, 2.05) is 67.6 Å². The summed E-state index contributed by atoms with van der Waals surface area (Å²) in [6.07, 6.45) is 2.67. The number of para-hydroxylation sites is 2. The zero-order valence-electron chi connectivity index (χ0n) is 17.8. The second-order valence-electron chi connectivity index (χ2n) is 7.00. The molecule has 0 fully saturated rings. The van der Waals surface area contributed by atoms with Crippen LogP contribution in [0.5, 0.6) is 11.5 Å². The van der Waals surface area contributed by atoms with Crippen molar-refractivity contribution in [2.75, 3.05) is 13.2 Å². The summed E-state index contributed by atoms with van der Waals surface area (Å²) < 4.78 is 22.2. The van der Waals surface area contributed by atoms with Crippen LogP contribution < -0.4 is 14.8 Å². The van der Waals surface area contributed by atoms with Crippen LogP contribution in [0, 0.1) is 0 Å². The number of benzene rings is 2. The topological polar surface area (TPSA) is 69.9 Å². The van der Waals surface area contributed by atoms with Gasteiger partial charge in [0.25, 0.3) is 0 Å². The van der Waals surface area contributed by atoms with Gasteiger partial charge in [-0.05, 0) is 48.7 Å². The van der Waals surface area contributed by atoms with Crippen molar-refractivity contribution in [3.05, 3.63) is 83.8 Å². The van der Waals surface area contributed by atoms with Crippen molar-refractivity contribution in [3.63, 3.8) is 0 Å². The Labute approximate surface area is 183 Å². The molecule has 3 rings (SSSR count). The van der Waals surface area contributed by atoms with Gasteiger partial charge in [-0.2, -0.15) is 0 Å². The summed E-state index contributed by atoms with van der Waals surface area (Å²) in [6, 6.07) is 19.3. The number of ether oxygens (including phenoxy) is 3. The van der Waals surface area contributed by atoms with E-state index in [0.29, 0.717) is 51.6 Å². The smallest absolute Gasteiger partial charge is 0.220 e. The Morgan fingerprint density at radius 2 is 1.74 bits per heavy atom. The molecule has 0 aliphatic heterocycles. The van der Waals surface area contributed by atoms with Crippen LogP contribution >= 0.6 is 0 Å². The lowest BCUT2D eigenvalue weighted by molar-refractivity contribution is -0.121. The zero-order valence-corrected chi connectivity index (χ0v) is 17.8. The molecular weight excluding hydrogens is 394 g/mol. The Morgan fingerprint density at radius 3 is 2.52 bits per heavy atom. The van der Waals surface area contributed by atoms with Crippen molar-refractivity contribution < 1.29 is 23.4 Å². The Hall–Kier alpha value is -3.25. The van der Waals surface area contributed by atoms with Gasteiger partial charge in [-0.15, -0.1) is 0 Å². The van der Waals surface area contributed by atoms with E-state index in [1.165, 1.54) is 0 Å². The molecule has 0 spiro atoms. The molecule has 0 bridgehead atoms. The lowest BCUT2D eigenvalue weighted by atomic mass is 10.1. The lowest BCUT2D eigenvalue weighted by Gasteiger charge is -2.11. The average molecular weight is 424 g/mol. The van der Waals surface area contributed by atoms with Crippen molar-refractivity contribution in [2.45, 2.75) is 39.5 Å². The highest BCUT2D eigenvalue weighted by Crippen LogP contribution is 2.26. The fraction of sp³-hybridized carbons (Fsp3) is 0.320. The zero-order chi connectivity index (χ0) is 21.7. The van der Waals surface area contributed by atoms with E-state index in [1.54, 1.807) is 6.26 Å². The molecule has 1 N–H and O–H groups in total. The Morgan fingerprint density at radius 1 is 0.935 bits per heavy atom. The number of carbonyl (C=O) groups excluding carboxylic acids is 1. The molecular formula is C25H29NO5. The maximum absolute atomic E-state index is 12.2. The van der Waals surface area contributed by atoms with Crippen molar-refractivity contribution in [1.29, 1.82) is 0 Å². The Balaban J connectivity index is 1.34. The predicted molar refractivity (Wildman–Crippen MR) is 118 cm³/mol. The second-order valence-corrected chi connectivity index (χ2v) is 7.00. The third kappa shape index (κ3) is 7.83. The van der Waals surface area contributed by atoms with Crippen molar-refractivity contribution >= 4 is 5.91 Å². The third-order valence-corrected chi connectivity index (χ3v) is 4.53. The van der Waals surface area contributed by atoms with Gasteiger partial charge in [0.05, 0.1) is 26.1 Å². The summed E-state index contributed by atoms with van der Waals surface area (Å²) in [5.74, 6) is 2.23. The van der Waals surface area contributed by atoms with Crippen LogP contribution in [0.1, 0.15) is 36.7 Å². The molecule has 0 saturated heterocycles. The van der Waals surface area contributed by atoms with E-state index in [9.17, 15) is 4.79 Å². The number of hydrogen-bond acceptors (Lipinski definition) is 5. The molecule has 0 saturated carbocycles. The lowest BCUT2D eigenvalue weighted by Crippen LogP contribution is -2.23. The van der Waals surface area contributed by atoms with Gasteiger partial charge in [-0.3, -0.25) is 4.79 Å². The summed E-state index contributed by atoms with van der Waals surface area (Å²) in [6.45, 7) is 4.39. The van der Waals surface area contributed by atoms with Gasteiger partial charge >= 0.3 is 0 Å². The second kappa shape index (κ2) is 12.4. The maximum Gasteiger partial charge on any atom is 0.220 e. The maximum atomic E-state index is 12.2. The van der Waals surface area contributed by atoms with Gasteiger partial charge in [-0.25, -0.2) is 0 Å². The fourth-order valence-corrected chi connectivity index (χ4v) is 3.04. The monoisotopic (exact) mass is 423 g/mol. The summed E-state index contributed by atoms with van der Waals surface area (Å²) in [5.41, 5.74) is 2.09. The van der Waals surface area contributed by atoms with Gasteiger partial charge in [-0.1, -0.05) is 36.4 Å². The molecule has 0 radical (unpaired) electrons. The molecule has 6 nitrogen and oxygen atoms in total. The number of hydrogen-bond donors (Lipinski definition) is 1. The van der Waals surface area contributed by atoms with Gasteiger partial charge < -0.3 is 23.9 Å². The molecule has 2 aromatic carbocycles. The average Bonchev–Trinajstić information content (AvgIpc) is 3.30. The largest absolute Gasteiger partial charge is 0.490 e. The van der Waals surface area contributed by atoms with E-state index < -0.39 is 0 Å². The number of furan rings is 1. The summed E-state index contributed by atoms with van der Waals surface area (Å²) in [4.78, 5) is 12.2. The first kappa shape index (κ1) is 22.4. The fourth-order valence-electron chi connectivity index (χ4n) is 3.04. The van der Waals surface area contributed by atoms with E-state index in [-0.39, 0.29) is 5.91 Å². The van der Waals surface area contributed by atoms with E-state index in [0.717, 1.165) is 22.6 Å².